The molecule has 1 aromatic heterocycles. The Kier molecular flexibility index (Phi) is 2.94. The van der Waals surface area contributed by atoms with Gasteiger partial charge in [-0.2, -0.15) is 13.2 Å². The lowest BCUT2D eigenvalue weighted by Gasteiger charge is -2.06. The van der Waals surface area contributed by atoms with Crippen LogP contribution in [-0.4, -0.2) is 9.97 Å². The maximum atomic E-state index is 12.4. The van der Waals surface area contributed by atoms with Crippen LogP contribution in [0.1, 0.15) is 11.4 Å². The van der Waals surface area contributed by atoms with Crippen LogP contribution in [-0.2, 0) is 11.5 Å². The van der Waals surface area contributed by atoms with Crippen molar-refractivity contribution in [1.29, 1.82) is 0 Å². The van der Waals surface area contributed by atoms with Crippen LogP contribution in [0, 0.1) is 0 Å². The van der Waals surface area contributed by atoms with Crippen molar-refractivity contribution in [3.05, 3.63) is 39.9 Å². The molecule has 3 nitrogen and oxygen atoms in total. The van der Waals surface area contributed by atoms with Crippen LogP contribution in [0.5, 0.6) is 0 Å². The van der Waals surface area contributed by atoms with E-state index in [2.05, 4.69) is 20.9 Å². The van der Waals surface area contributed by atoms with Gasteiger partial charge in [-0.05, 0) is 17.7 Å². The summed E-state index contributed by atoms with van der Waals surface area (Å²) in [5.41, 5.74) is 0.0421. The lowest BCUT2D eigenvalue weighted by Crippen LogP contribution is -2.19. The minimum Gasteiger partial charge on any atom is -0.302 e. The van der Waals surface area contributed by atoms with Gasteiger partial charge in [0.2, 0.25) is 5.82 Å². The second-order valence-electron chi connectivity index (χ2n) is 3.40. The van der Waals surface area contributed by atoms with E-state index in [9.17, 15) is 18.0 Å². The molecule has 0 spiro atoms. The third kappa shape index (κ3) is 2.33. The molecule has 0 saturated heterocycles. The van der Waals surface area contributed by atoms with E-state index in [1.54, 1.807) is 11.1 Å². The fourth-order valence-corrected chi connectivity index (χ4v) is 1.75. The number of aromatic nitrogens is 2. The molecule has 0 saturated carbocycles. The molecule has 0 amide bonds. The monoisotopic (exact) mass is 306 g/mol. The molecule has 90 valence electrons. The summed E-state index contributed by atoms with van der Waals surface area (Å²) in [7, 11) is 0. The number of fused-ring (bicyclic) bond motifs is 1. The molecule has 2 aromatic rings. The van der Waals surface area contributed by atoms with Gasteiger partial charge in [-0.1, -0.05) is 22.0 Å². The molecule has 1 aromatic carbocycles. The van der Waals surface area contributed by atoms with Crippen LogP contribution in [0.2, 0.25) is 0 Å². The van der Waals surface area contributed by atoms with Crippen molar-refractivity contribution in [3.63, 3.8) is 0 Å². The van der Waals surface area contributed by atoms with Gasteiger partial charge in [-0.3, -0.25) is 4.79 Å². The Morgan fingerprint density at radius 3 is 2.65 bits per heavy atom. The molecular weight excluding hydrogens is 301 g/mol. The van der Waals surface area contributed by atoms with Crippen molar-refractivity contribution in [1.82, 2.24) is 9.97 Å². The SMILES string of the molecule is O=c1[nH]c(C(F)(F)F)nc2ccc(CBr)cc12. The number of hydrogen-bond acceptors (Lipinski definition) is 2. The Hall–Kier alpha value is -1.37. The van der Waals surface area contributed by atoms with Crippen LogP contribution in [0.15, 0.2) is 23.0 Å². The highest BCUT2D eigenvalue weighted by Gasteiger charge is 2.34. The van der Waals surface area contributed by atoms with Crippen LogP contribution in [0.25, 0.3) is 10.9 Å². The number of benzene rings is 1. The van der Waals surface area contributed by atoms with Gasteiger partial charge in [0.05, 0.1) is 10.9 Å². The molecule has 0 unspecified atom stereocenters. The molecule has 0 radical (unpaired) electrons. The van der Waals surface area contributed by atoms with Crippen molar-refractivity contribution < 1.29 is 13.2 Å². The van der Waals surface area contributed by atoms with Gasteiger partial charge in [0, 0.05) is 5.33 Å². The summed E-state index contributed by atoms with van der Waals surface area (Å²) in [6, 6.07) is 4.52. The number of alkyl halides is 4. The number of aromatic amines is 1. The third-order valence-electron chi connectivity index (χ3n) is 2.19. The summed E-state index contributed by atoms with van der Waals surface area (Å²) in [5.74, 6) is -1.28. The van der Waals surface area contributed by atoms with E-state index in [1.807, 2.05) is 0 Å². The summed E-state index contributed by atoms with van der Waals surface area (Å²) in [4.78, 5) is 16.6. The summed E-state index contributed by atoms with van der Waals surface area (Å²) in [6.07, 6.45) is -4.65. The predicted molar refractivity (Wildman–Crippen MR) is 60.0 cm³/mol. The third-order valence-corrected chi connectivity index (χ3v) is 2.84. The molecular formula is C10H6BrF3N2O. The lowest BCUT2D eigenvalue weighted by atomic mass is 10.2. The molecule has 1 heterocycles. The van der Waals surface area contributed by atoms with Gasteiger partial charge >= 0.3 is 6.18 Å². The molecule has 0 aliphatic rings. The van der Waals surface area contributed by atoms with E-state index in [4.69, 9.17) is 0 Å². The predicted octanol–water partition coefficient (Wildman–Crippen LogP) is 2.84. The van der Waals surface area contributed by atoms with Crippen LogP contribution in [0.4, 0.5) is 13.2 Å². The molecule has 0 aliphatic carbocycles. The number of nitrogens with one attached hydrogen (secondary N) is 1. The number of halogens is 4. The molecule has 1 N–H and O–H groups in total. The van der Waals surface area contributed by atoms with Crippen molar-refractivity contribution in [2.24, 2.45) is 0 Å². The van der Waals surface area contributed by atoms with Gasteiger partial charge < -0.3 is 4.98 Å². The largest absolute Gasteiger partial charge is 0.449 e. The molecule has 0 aliphatic heterocycles. The molecule has 0 fully saturated rings. The zero-order chi connectivity index (χ0) is 12.6. The average Bonchev–Trinajstić information content (AvgIpc) is 2.27. The highest BCUT2D eigenvalue weighted by atomic mass is 79.9. The molecule has 17 heavy (non-hydrogen) atoms. The highest BCUT2D eigenvalue weighted by Crippen LogP contribution is 2.26. The Balaban J connectivity index is 2.73. The summed E-state index contributed by atoms with van der Waals surface area (Å²) in [5, 5.41) is 0.665. The van der Waals surface area contributed by atoms with Gasteiger partial charge in [0.1, 0.15) is 0 Å². The Morgan fingerprint density at radius 1 is 1.35 bits per heavy atom. The van der Waals surface area contributed by atoms with Gasteiger partial charge in [-0.15, -0.1) is 0 Å². The van der Waals surface area contributed by atoms with Gasteiger partial charge in [0.25, 0.3) is 5.56 Å². The lowest BCUT2D eigenvalue weighted by molar-refractivity contribution is -0.144. The first-order valence-electron chi connectivity index (χ1n) is 4.58. The first-order chi connectivity index (χ1) is 7.91. The zero-order valence-electron chi connectivity index (χ0n) is 8.31. The highest BCUT2D eigenvalue weighted by molar-refractivity contribution is 9.08. The Labute approximate surface area is 102 Å². The maximum absolute atomic E-state index is 12.4. The van der Waals surface area contributed by atoms with E-state index in [0.29, 0.717) is 5.33 Å². The van der Waals surface area contributed by atoms with Gasteiger partial charge in [-0.25, -0.2) is 4.98 Å². The fraction of sp³-hybridized carbons (Fsp3) is 0.200. The van der Waals surface area contributed by atoms with Crippen LogP contribution in [0.3, 0.4) is 0 Å². The second kappa shape index (κ2) is 4.14. The number of hydrogen-bond donors (Lipinski definition) is 1. The fourth-order valence-electron chi connectivity index (χ4n) is 1.40. The van der Waals surface area contributed by atoms with Crippen LogP contribution < -0.4 is 5.56 Å². The number of nitrogens with zero attached hydrogens (tertiary/aromatic N) is 1. The van der Waals surface area contributed by atoms with Crippen molar-refractivity contribution in [2.45, 2.75) is 11.5 Å². The molecule has 7 heteroatoms. The minimum atomic E-state index is -4.65. The van der Waals surface area contributed by atoms with E-state index >= 15 is 0 Å². The number of rotatable bonds is 1. The molecule has 0 bridgehead atoms. The molecule has 0 atom stereocenters. The Bertz CT molecular complexity index is 621. The topological polar surface area (TPSA) is 45.8 Å². The number of H-pyrrole nitrogens is 1. The van der Waals surface area contributed by atoms with E-state index in [0.717, 1.165) is 5.56 Å². The summed E-state index contributed by atoms with van der Waals surface area (Å²) >= 11 is 3.20. The first-order valence-corrected chi connectivity index (χ1v) is 5.70. The van der Waals surface area contributed by atoms with Gasteiger partial charge in [0.15, 0.2) is 0 Å². The normalized spacial score (nSPS) is 12.0. The maximum Gasteiger partial charge on any atom is 0.449 e. The first kappa shape index (κ1) is 12.1. The average molecular weight is 307 g/mol. The van der Waals surface area contributed by atoms with E-state index in [1.165, 1.54) is 12.1 Å². The van der Waals surface area contributed by atoms with Crippen LogP contribution >= 0.6 is 15.9 Å². The summed E-state index contributed by atoms with van der Waals surface area (Å²) < 4.78 is 37.2. The standard InChI is InChI=1S/C10H6BrF3N2O/c11-4-5-1-2-7-6(3-5)8(17)16-9(15-7)10(12,13)14/h1-3H,4H2,(H,15,16,17). The second-order valence-corrected chi connectivity index (χ2v) is 3.96. The summed E-state index contributed by atoms with van der Waals surface area (Å²) in [6.45, 7) is 0. The van der Waals surface area contributed by atoms with Crippen molar-refractivity contribution in [3.8, 4) is 0 Å². The molecule has 2 rings (SSSR count). The minimum absolute atomic E-state index is 0.0331. The van der Waals surface area contributed by atoms with E-state index in [-0.39, 0.29) is 10.9 Å². The zero-order valence-corrected chi connectivity index (χ0v) is 9.89. The van der Waals surface area contributed by atoms with E-state index < -0.39 is 17.6 Å². The Morgan fingerprint density at radius 2 is 2.06 bits per heavy atom. The smallest absolute Gasteiger partial charge is 0.302 e. The quantitative estimate of drug-likeness (QED) is 0.824. The van der Waals surface area contributed by atoms with Crippen molar-refractivity contribution in [2.75, 3.05) is 0 Å². The van der Waals surface area contributed by atoms with Crippen molar-refractivity contribution >= 4 is 26.8 Å².